The summed E-state index contributed by atoms with van der Waals surface area (Å²) in [6.07, 6.45) is 1.70. The van der Waals surface area contributed by atoms with Crippen molar-refractivity contribution in [2.24, 2.45) is 0 Å². The molecule has 9 heteroatoms. The molecule has 0 amide bonds. The molecule has 0 saturated heterocycles. The summed E-state index contributed by atoms with van der Waals surface area (Å²) in [6.45, 7) is 0.527. The molecule has 1 N–H and O–H groups in total. The van der Waals surface area contributed by atoms with Crippen LogP contribution in [0.5, 0.6) is 5.75 Å². The number of pyridine rings is 1. The number of fused-ring (bicyclic) bond motifs is 1. The molecule has 0 bridgehead atoms. The maximum Gasteiger partial charge on any atom is 0.250 e. The molecule has 3 heterocycles. The summed E-state index contributed by atoms with van der Waals surface area (Å²) in [7, 11) is -1.96. The van der Waals surface area contributed by atoms with Crippen molar-refractivity contribution in [3.05, 3.63) is 71.5 Å². The average Bonchev–Trinajstić information content (AvgIpc) is 3.36. The summed E-state index contributed by atoms with van der Waals surface area (Å²) in [5.41, 5.74) is 2.36. The Morgan fingerprint density at radius 2 is 2.00 bits per heavy atom. The van der Waals surface area contributed by atoms with Gasteiger partial charge >= 0.3 is 0 Å². The van der Waals surface area contributed by atoms with Crippen molar-refractivity contribution < 1.29 is 13.2 Å². The number of hydrogen-bond acceptors (Lipinski definition) is 6. The van der Waals surface area contributed by atoms with Gasteiger partial charge in [0.05, 0.1) is 20.2 Å². The highest BCUT2D eigenvalue weighted by Gasteiger charge is 2.19. The van der Waals surface area contributed by atoms with Gasteiger partial charge in [-0.3, -0.25) is 0 Å². The van der Waals surface area contributed by atoms with Crippen molar-refractivity contribution in [2.45, 2.75) is 17.3 Å². The molecule has 0 unspecified atom stereocenters. The summed E-state index contributed by atoms with van der Waals surface area (Å²) in [6, 6.07) is 14.6. The second-order valence-electron chi connectivity index (χ2n) is 6.03. The summed E-state index contributed by atoms with van der Waals surface area (Å²) in [4.78, 5) is 9.02. The fourth-order valence-electron chi connectivity index (χ4n) is 2.96. The fraction of sp³-hybridized carbons (Fsp3) is 0.158. The first-order valence-corrected chi connectivity index (χ1v) is 10.9. The SMILES string of the molecule is COc1ccccc1Cn1c(CNS(=O)(=O)c2cccs2)nc2cccnc21. The van der Waals surface area contributed by atoms with Crippen molar-refractivity contribution >= 4 is 32.5 Å². The van der Waals surface area contributed by atoms with E-state index < -0.39 is 10.0 Å². The van der Waals surface area contributed by atoms with E-state index in [2.05, 4.69) is 14.7 Å². The normalized spacial score (nSPS) is 11.8. The number of aromatic nitrogens is 3. The van der Waals surface area contributed by atoms with E-state index >= 15 is 0 Å². The second-order valence-corrected chi connectivity index (χ2v) is 8.97. The largest absolute Gasteiger partial charge is 0.496 e. The van der Waals surface area contributed by atoms with Crippen LogP contribution in [0.4, 0.5) is 0 Å². The lowest BCUT2D eigenvalue weighted by molar-refractivity contribution is 0.408. The number of nitrogens with zero attached hydrogens (tertiary/aromatic N) is 3. The number of methoxy groups -OCH3 is 1. The maximum atomic E-state index is 12.5. The quantitative estimate of drug-likeness (QED) is 0.502. The highest BCUT2D eigenvalue weighted by atomic mass is 32.2. The van der Waals surface area contributed by atoms with Crippen molar-refractivity contribution in [3.63, 3.8) is 0 Å². The van der Waals surface area contributed by atoms with Gasteiger partial charge in [0.2, 0.25) is 10.0 Å². The molecule has 28 heavy (non-hydrogen) atoms. The highest BCUT2D eigenvalue weighted by molar-refractivity contribution is 7.91. The summed E-state index contributed by atoms with van der Waals surface area (Å²) < 4.78 is 35.2. The monoisotopic (exact) mass is 414 g/mol. The molecule has 1 aromatic carbocycles. The van der Waals surface area contributed by atoms with E-state index in [1.807, 2.05) is 41.0 Å². The van der Waals surface area contributed by atoms with Crippen molar-refractivity contribution in [2.75, 3.05) is 7.11 Å². The molecule has 0 radical (unpaired) electrons. The van der Waals surface area contributed by atoms with Crippen LogP contribution in [0.15, 0.2) is 64.3 Å². The van der Waals surface area contributed by atoms with Crippen LogP contribution in [-0.2, 0) is 23.1 Å². The van der Waals surface area contributed by atoms with Crippen LogP contribution < -0.4 is 9.46 Å². The Hall–Kier alpha value is -2.75. The van der Waals surface area contributed by atoms with Crippen LogP contribution in [0.25, 0.3) is 11.2 Å². The number of sulfonamides is 1. The zero-order valence-electron chi connectivity index (χ0n) is 15.1. The Morgan fingerprint density at radius 3 is 2.79 bits per heavy atom. The van der Waals surface area contributed by atoms with E-state index in [1.165, 1.54) is 11.3 Å². The minimum Gasteiger partial charge on any atom is -0.496 e. The number of nitrogens with one attached hydrogen (secondary N) is 1. The van der Waals surface area contributed by atoms with Crippen molar-refractivity contribution in [1.29, 1.82) is 0 Å². The van der Waals surface area contributed by atoms with Gasteiger partial charge in [-0.2, -0.15) is 0 Å². The van der Waals surface area contributed by atoms with Crippen LogP contribution in [0.3, 0.4) is 0 Å². The number of para-hydroxylation sites is 1. The Balaban J connectivity index is 1.69. The zero-order chi connectivity index (χ0) is 19.6. The molecule has 4 rings (SSSR count). The Kier molecular flexibility index (Phi) is 5.12. The Bertz CT molecular complexity index is 1200. The molecule has 0 aliphatic carbocycles. The van der Waals surface area contributed by atoms with Gasteiger partial charge < -0.3 is 9.30 Å². The number of rotatable bonds is 7. The minimum atomic E-state index is -3.58. The second kappa shape index (κ2) is 7.70. The molecule has 0 aliphatic rings. The van der Waals surface area contributed by atoms with Gasteiger partial charge in [0.25, 0.3) is 0 Å². The third-order valence-corrected chi connectivity index (χ3v) is 7.08. The molecule has 144 valence electrons. The molecule has 0 fully saturated rings. The molecule has 0 saturated carbocycles. The lowest BCUT2D eigenvalue weighted by Gasteiger charge is -2.12. The van der Waals surface area contributed by atoms with E-state index in [1.54, 1.807) is 30.8 Å². The molecule has 0 aliphatic heterocycles. The van der Waals surface area contributed by atoms with Gasteiger partial charge in [-0.05, 0) is 29.6 Å². The smallest absolute Gasteiger partial charge is 0.250 e. The molecule has 0 atom stereocenters. The van der Waals surface area contributed by atoms with Gasteiger partial charge in [-0.15, -0.1) is 11.3 Å². The predicted molar refractivity (Wildman–Crippen MR) is 108 cm³/mol. The molecule has 3 aromatic heterocycles. The first-order valence-electron chi connectivity index (χ1n) is 8.53. The minimum absolute atomic E-state index is 0.0613. The number of ether oxygens (including phenoxy) is 1. The van der Waals surface area contributed by atoms with Crippen molar-refractivity contribution in [3.8, 4) is 5.75 Å². The third kappa shape index (κ3) is 3.64. The number of imidazole rings is 1. The van der Waals surface area contributed by atoms with Gasteiger partial charge in [0, 0.05) is 11.8 Å². The number of thiophene rings is 1. The molecule has 0 spiro atoms. The molecular formula is C19H18N4O3S2. The summed E-state index contributed by atoms with van der Waals surface area (Å²) in [5.74, 6) is 1.34. The van der Waals surface area contributed by atoms with E-state index in [-0.39, 0.29) is 10.8 Å². The van der Waals surface area contributed by atoms with Crippen LogP contribution >= 0.6 is 11.3 Å². The van der Waals surface area contributed by atoms with Crippen LogP contribution in [0.2, 0.25) is 0 Å². The highest BCUT2D eigenvalue weighted by Crippen LogP contribution is 2.23. The van der Waals surface area contributed by atoms with Crippen LogP contribution in [0, 0.1) is 0 Å². The summed E-state index contributed by atoms with van der Waals surface area (Å²) in [5, 5.41) is 1.73. The Morgan fingerprint density at radius 1 is 1.14 bits per heavy atom. The van der Waals surface area contributed by atoms with E-state index in [0.29, 0.717) is 23.5 Å². The lowest BCUT2D eigenvalue weighted by atomic mass is 10.2. The van der Waals surface area contributed by atoms with Gasteiger partial charge in [-0.1, -0.05) is 24.3 Å². The molecular weight excluding hydrogens is 396 g/mol. The topological polar surface area (TPSA) is 86.1 Å². The number of benzene rings is 1. The standard InChI is InChI=1S/C19H18N4O3S2/c1-26-16-8-3-2-6-14(16)13-23-17(22-15-7-4-10-20-19(15)23)12-21-28(24,25)18-9-5-11-27-18/h2-11,21H,12-13H2,1H3. The average molecular weight is 415 g/mol. The fourth-order valence-corrected chi connectivity index (χ4v) is 4.98. The maximum absolute atomic E-state index is 12.5. The third-order valence-electron chi connectivity index (χ3n) is 4.28. The molecule has 4 aromatic rings. The van der Waals surface area contributed by atoms with Crippen LogP contribution in [0.1, 0.15) is 11.4 Å². The van der Waals surface area contributed by atoms with Crippen molar-refractivity contribution in [1.82, 2.24) is 19.3 Å². The number of hydrogen-bond donors (Lipinski definition) is 1. The lowest BCUT2D eigenvalue weighted by Crippen LogP contribution is -2.24. The molecule has 7 nitrogen and oxygen atoms in total. The van der Waals surface area contributed by atoms with Crippen LogP contribution in [-0.4, -0.2) is 30.1 Å². The van der Waals surface area contributed by atoms with E-state index in [9.17, 15) is 8.42 Å². The first-order chi connectivity index (χ1) is 13.6. The van der Waals surface area contributed by atoms with E-state index in [0.717, 1.165) is 11.3 Å². The predicted octanol–water partition coefficient (Wildman–Crippen LogP) is 3.03. The summed E-state index contributed by atoms with van der Waals surface area (Å²) >= 11 is 1.18. The first kappa shape index (κ1) is 18.6. The zero-order valence-corrected chi connectivity index (χ0v) is 16.7. The van der Waals surface area contributed by atoms with Gasteiger partial charge in [-0.25, -0.2) is 23.1 Å². The van der Waals surface area contributed by atoms with Gasteiger partial charge in [0.15, 0.2) is 5.65 Å². The van der Waals surface area contributed by atoms with E-state index in [4.69, 9.17) is 4.74 Å². The van der Waals surface area contributed by atoms with Gasteiger partial charge in [0.1, 0.15) is 21.3 Å². The Labute approximate surface area is 166 Å².